The lowest BCUT2D eigenvalue weighted by Crippen LogP contribution is -2.42. The van der Waals surface area contributed by atoms with Crippen molar-refractivity contribution in [2.24, 2.45) is 0 Å². The van der Waals surface area contributed by atoms with Crippen LogP contribution in [0.5, 0.6) is 5.75 Å². The maximum absolute atomic E-state index is 12.0. The molecule has 2 aromatic rings. The second-order valence-corrected chi connectivity index (χ2v) is 6.03. The zero-order valence-corrected chi connectivity index (χ0v) is 14.1. The molecule has 25 heavy (non-hydrogen) atoms. The average Bonchev–Trinajstić information content (AvgIpc) is 3.14. The molecule has 0 spiro atoms. The van der Waals surface area contributed by atoms with Crippen LogP contribution in [-0.2, 0) is 4.79 Å². The summed E-state index contributed by atoms with van der Waals surface area (Å²) in [5.74, 6) is 0.483. The van der Waals surface area contributed by atoms with Crippen LogP contribution >= 0.6 is 0 Å². The first-order valence-corrected chi connectivity index (χ1v) is 8.36. The Labute approximate surface area is 145 Å². The van der Waals surface area contributed by atoms with Crippen molar-refractivity contribution in [3.05, 3.63) is 44.7 Å². The maximum Gasteiger partial charge on any atom is 0.253 e. The highest BCUT2D eigenvalue weighted by Crippen LogP contribution is 2.24. The van der Waals surface area contributed by atoms with Crippen molar-refractivity contribution < 1.29 is 9.53 Å². The van der Waals surface area contributed by atoms with Crippen molar-refractivity contribution in [3.63, 3.8) is 0 Å². The summed E-state index contributed by atoms with van der Waals surface area (Å²) in [5.41, 5.74) is 0.563. The smallest absolute Gasteiger partial charge is 0.253 e. The van der Waals surface area contributed by atoms with Crippen molar-refractivity contribution in [2.45, 2.75) is 19.3 Å². The largest absolute Gasteiger partial charge is 0.497 e. The van der Waals surface area contributed by atoms with Crippen LogP contribution in [0.2, 0.25) is 0 Å². The number of carbonyl (C=O) groups is 1. The molecule has 2 N–H and O–H groups in total. The third kappa shape index (κ3) is 3.65. The molecule has 0 aliphatic carbocycles. The summed E-state index contributed by atoms with van der Waals surface area (Å²) < 4.78 is 5.11. The van der Waals surface area contributed by atoms with E-state index in [0.29, 0.717) is 29.4 Å². The average molecular weight is 343 g/mol. The van der Waals surface area contributed by atoms with Crippen LogP contribution in [0.25, 0.3) is 0 Å². The number of rotatable bonds is 7. The topological polar surface area (TPSA) is 87.7 Å². The summed E-state index contributed by atoms with van der Waals surface area (Å²) in [6.45, 7) is 1.90. The fourth-order valence-corrected chi connectivity index (χ4v) is 3.01. The summed E-state index contributed by atoms with van der Waals surface area (Å²) in [6, 6.07) is 7.09. The van der Waals surface area contributed by atoms with E-state index in [2.05, 4.69) is 10.6 Å². The highest BCUT2D eigenvalue weighted by atomic mass is 16.5. The molecule has 1 heterocycles. The molecule has 0 aromatic heterocycles. The van der Waals surface area contributed by atoms with Gasteiger partial charge in [0.05, 0.1) is 7.11 Å². The van der Waals surface area contributed by atoms with Crippen LogP contribution in [0.4, 0.5) is 17.1 Å². The number of anilines is 3. The van der Waals surface area contributed by atoms with E-state index in [1.165, 1.54) is 0 Å². The molecular weight excluding hydrogens is 322 g/mol. The lowest BCUT2D eigenvalue weighted by molar-refractivity contribution is -0.115. The number of hydrogen-bond donors (Lipinski definition) is 2. The van der Waals surface area contributed by atoms with Gasteiger partial charge < -0.3 is 20.3 Å². The van der Waals surface area contributed by atoms with Gasteiger partial charge in [-0.05, 0) is 25.0 Å². The number of benzene rings is 1. The Morgan fingerprint density at radius 2 is 1.96 bits per heavy atom. The highest BCUT2D eigenvalue weighted by molar-refractivity contribution is 5.91. The fraction of sp³-hybridized carbons (Fsp3) is 0.389. The maximum atomic E-state index is 12.0. The summed E-state index contributed by atoms with van der Waals surface area (Å²) in [7, 11) is 1.56. The van der Waals surface area contributed by atoms with Crippen molar-refractivity contribution in [3.8, 4) is 5.75 Å². The Hall–Kier alpha value is -2.83. The Balaban J connectivity index is 1.53. The molecule has 0 saturated carbocycles. The SMILES string of the molecule is COc1cccc(NC(=O)CCNc2c(N3CCCC3)c(=O)c2=O)c1. The third-order valence-corrected chi connectivity index (χ3v) is 4.31. The minimum atomic E-state index is -0.491. The van der Waals surface area contributed by atoms with Gasteiger partial charge in [0, 0.05) is 37.8 Å². The van der Waals surface area contributed by atoms with E-state index in [1.54, 1.807) is 31.4 Å². The van der Waals surface area contributed by atoms with E-state index in [9.17, 15) is 14.4 Å². The van der Waals surface area contributed by atoms with E-state index in [1.807, 2.05) is 4.90 Å². The fourth-order valence-electron chi connectivity index (χ4n) is 3.01. The third-order valence-electron chi connectivity index (χ3n) is 4.31. The summed E-state index contributed by atoms with van der Waals surface area (Å²) in [6.07, 6.45) is 2.25. The van der Waals surface area contributed by atoms with Crippen molar-refractivity contribution in [1.82, 2.24) is 0 Å². The number of nitrogens with one attached hydrogen (secondary N) is 2. The molecule has 3 rings (SSSR count). The number of amides is 1. The number of ether oxygens (including phenoxy) is 1. The first kappa shape index (κ1) is 17.0. The summed E-state index contributed by atoms with van der Waals surface area (Å²) in [4.78, 5) is 37.5. The lowest BCUT2D eigenvalue weighted by Gasteiger charge is -2.22. The Kier molecular flexibility index (Phi) is 5.02. The van der Waals surface area contributed by atoms with Crippen molar-refractivity contribution in [1.29, 1.82) is 0 Å². The van der Waals surface area contributed by atoms with Gasteiger partial charge in [-0.2, -0.15) is 0 Å². The van der Waals surface area contributed by atoms with E-state index < -0.39 is 10.9 Å². The van der Waals surface area contributed by atoms with E-state index in [-0.39, 0.29) is 12.3 Å². The van der Waals surface area contributed by atoms with Gasteiger partial charge in [0.1, 0.15) is 17.1 Å². The molecule has 0 radical (unpaired) electrons. The monoisotopic (exact) mass is 343 g/mol. The van der Waals surface area contributed by atoms with Crippen LogP contribution in [0, 0.1) is 0 Å². The van der Waals surface area contributed by atoms with Gasteiger partial charge in [-0.3, -0.25) is 14.4 Å². The molecule has 0 bridgehead atoms. The molecule has 1 amide bonds. The standard InChI is InChI=1S/C18H21N3O4/c1-25-13-6-4-5-12(11-13)20-14(22)7-8-19-15-16(18(24)17(15)23)21-9-2-3-10-21/h4-6,11,19H,2-3,7-10H2,1H3,(H,20,22). The number of carbonyl (C=O) groups excluding carboxylic acids is 1. The Morgan fingerprint density at radius 1 is 1.20 bits per heavy atom. The van der Waals surface area contributed by atoms with E-state index in [4.69, 9.17) is 4.74 Å². The molecule has 0 unspecified atom stereocenters. The van der Waals surface area contributed by atoms with Crippen LogP contribution < -0.4 is 31.1 Å². The zero-order chi connectivity index (χ0) is 17.8. The second-order valence-electron chi connectivity index (χ2n) is 6.03. The lowest BCUT2D eigenvalue weighted by atomic mass is 10.1. The number of methoxy groups -OCH3 is 1. The van der Waals surface area contributed by atoms with E-state index in [0.717, 1.165) is 25.9 Å². The second kappa shape index (κ2) is 7.38. The molecule has 1 aliphatic rings. The number of hydrogen-bond acceptors (Lipinski definition) is 6. The summed E-state index contributed by atoms with van der Waals surface area (Å²) in [5, 5.41) is 5.72. The number of nitrogens with zero attached hydrogens (tertiary/aromatic N) is 1. The molecular formula is C18H21N3O4. The highest BCUT2D eigenvalue weighted by Gasteiger charge is 2.27. The van der Waals surface area contributed by atoms with Gasteiger partial charge in [-0.25, -0.2) is 0 Å². The molecule has 1 saturated heterocycles. The molecule has 1 aliphatic heterocycles. The van der Waals surface area contributed by atoms with Gasteiger partial charge in [-0.1, -0.05) is 6.07 Å². The quantitative estimate of drug-likeness (QED) is 0.738. The van der Waals surface area contributed by atoms with Gasteiger partial charge in [0.2, 0.25) is 5.91 Å². The predicted molar refractivity (Wildman–Crippen MR) is 97.5 cm³/mol. The van der Waals surface area contributed by atoms with Gasteiger partial charge in [0.15, 0.2) is 0 Å². The normalized spacial score (nSPS) is 13.9. The van der Waals surface area contributed by atoms with Crippen LogP contribution in [0.1, 0.15) is 19.3 Å². The molecule has 7 nitrogen and oxygen atoms in total. The zero-order valence-electron chi connectivity index (χ0n) is 14.1. The minimum Gasteiger partial charge on any atom is -0.497 e. The Morgan fingerprint density at radius 3 is 2.68 bits per heavy atom. The predicted octanol–water partition coefficient (Wildman–Crippen LogP) is 1.33. The first-order chi connectivity index (χ1) is 12.1. The van der Waals surface area contributed by atoms with Crippen molar-refractivity contribution >= 4 is 23.0 Å². The Bertz CT molecular complexity index is 833. The van der Waals surface area contributed by atoms with Crippen molar-refractivity contribution in [2.75, 3.05) is 42.3 Å². The van der Waals surface area contributed by atoms with E-state index >= 15 is 0 Å². The van der Waals surface area contributed by atoms with Crippen LogP contribution in [-0.4, -0.2) is 32.7 Å². The molecule has 132 valence electrons. The molecule has 7 heteroatoms. The molecule has 0 atom stereocenters. The van der Waals surface area contributed by atoms with Gasteiger partial charge in [0.25, 0.3) is 10.9 Å². The first-order valence-electron chi connectivity index (χ1n) is 8.36. The van der Waals surface area contributed by atoms with Gasteiger partial charge in [-0.15, -0.1) is 0 Å². The molecule has 1 fully saturated rings. The summed E-state index contributed by atoms with van der Waals surface area (Å²) >= 11 is 0. The van der Waals surface area contributed by atoms with Crippen LogP contribution in [0.15, 0.2) is 33.9 Å². The van der Waals surface area contributed by atoms with Crippen LogP contribution in [0.3, 0.4) is 0 Å². The molecule has 2 aromatic carbocycles. The minimum absolute atomic E-state index is 0.179. The van der Waals surface area contributed by atoms with Gasteiger partial charge >= 0.3 is 0 Å².